The van der Waals surface area contributed by atoms with Gasteiger partial charge >= 0.3 is 5.97 Å². The summed E-state index contributed by atoms with van der Waals surface area (Å²) in [6, 6.07) is 8.92. The van der Waals surface area contributed by atoms with E-state index in [0.29, 0.717) is 5.69 Å². The van der Waals surface area contributed by atoms with Crippen LogP contribution in [0.5, 0.6) is 0 Å². The molecule has 0 atom stereocenters. The zero-order valence-corrected chi connectivity index (χ0v) is 13.1. The Morgan fingerprint density at radius 2 is 2.05 bits per heavy atom. The topological polar surface area (TPSA) is 96.4 Å². The number of aromatic carboxylic acids is 1. The van der Waals surface area contributed by atoms with Gasteiger partial charge in [0.25, 0.3) is 0 Å². The number of sulfonamides is 1. The van der Waals surface area contributed by atoms with Gasteiger partial charge in [0.05, 0.1) is 22.7 Å². The Morgan fingerprint density at radius 1 is 1.29 bits per heavy atom. The predicted molar refractivity (Wildman–Crippen MR) is 79.4 cm³/mol. The molecule has 2 N–H and O–H groups in total. The van der Waals surface area contributed by atoms with Crippen LogP contribution in [0.1, 0.15) is 16.1 Å². The number of carbonyl (C=O) groups is 1. The normalized spacial score (nSPS) is 11.3. The minimum Gasteiger partial charge on any atom is -0.478 e. The van der Waals surface area contributed by atoms with E-state index in [1.807, 2.05) is 0 Å². The molecule has 0 radical (unpaired) electrons. The van der Waals surface area contributed by atoms with Crippen LogP contribution < -0.4 is 4.72 Å². The second-order valence-electron chi connectivity index (χ2n) is 4.10. The van der Waals surface area contributed by atoms with Crippen molar-refractivity contribution in [1.29, 1.82) is 0 Å². The molecule has 1 heterocycles. The van der Waals surface area contributed by atoms with Gasteiger partial charge in [-0.3, -0.25) is 4.98 Å². The highest BCUT2D eigenvalue weighted by atomic mass is 79.9. The molecule has 0 aliphatic heterocycles. The van der Waals surface area contributed by atoms with Crippen LogP contribution >= 0.6 is 15.9 Å². The van der Waals surface area contributed by atoms with E-state index in [0.717, 1.165) is 0 Å². The maximum absolute atomic E-state index is 12.2. The molecule has 2 aromatic rings. The molecule has 21 heavy (non-hydrogen) atoms. The average Bonchev–Trinajstić information content (AvgIpc) is 2.46. The Labute approximate surface area is 130 Å². The van der Waals surface area contributed by atoms with Crippen LogP contribution in [0, 0.1) is 0 Å². The third-order valence-corrected chi connectivity index (χ3v) is 5.02. The zero-order valence-electron chi connectivity index (χ0n) is 10.7. The first-order valence-corrected chi connectivity index (χ1v) is 8.10. The molecular weight excluding hydrogens is 360 g/mol. The van der Waals surface area contributed by atoms with Gasteiger partial charge in [-0.25, -0.2) is 17.9 Å². The molecule has 1 aromatic heterocycles. The summed E-state index contributed by atoms with van der Waals surface area (Å²) < 4.78 is 27.0. The second kappa shape index (κ2) is 6.33. The molecule has 110 valence electrons. The molecule has 0 unspecified atom stereocenters. The van der Waals surface area contributed by atoms with Crippen molar-refractivity contribution in [2.45, 2.75) is 11.4 Å². The Kier molecular flexibility index (Phi) is 4.71. The number of nitrogens with zero attached hydrogens (tertiary/aromatic N) is 1. The van der Waals surface area contributed by atoms with Crippen molar-refractivity contribution in [3.05, 3.63) is 58.3 Å². The molecule has 0 spiro atoms. The van der Waals surface area contributed by atoms with Crippen LogP contribution in [-0.2, 0) is 16.6 Å². The largest absolute Gasteiger partial charge is 0.478 e. The Balaban J connectivity index is 2.22. The maximum atomic E-state index is 12.2. The van der Waals surface area contributed by atoms with Crippen molar-refractivity contribution >= 4 is 31.9 Å². The monoisotopic (exact) mass is 370 g/mol. The number of nitrogens with one attached hydrogen (secondary N) is 1. The minimum atomic E-state index is -3.76. The van der Waals surface area contributed by atoms with E-state index in [9.17, 15) is 13.2 Å². The number of carboxylic acids is 1. The lowest BCUT2D eigenvalue weighted by atomic mass is 10.2. The summed E-state index contributed by atoms with van der Waals surface area (Å²) >= 11 is 3.08. The first kappa shape index (κ1) is 15.6. The SMILES string of the molecule is O=C(O)c1ccc(S(=O)(=O)NCc2ccccn2)c(Br)c1. The number of hydrogen-bond acceptors (Lipinski definition) is 4. The molecule has 1 aromatic carbocycles. The van der Waals surface area contributed by atoms with E-state index >= 15 is 0 Å². The van der Waals surface area contributed by atoms with Gasteiger partial charge in [-0.2, -0.15) is 0 Å². The molecule has 0 aliphatic rings. The lowest BCUT2D eigenvalue weighted by molar-refractivity contribution is 0.0696. The van der Waals surface area contributed by atoms with E-state index in [4.69, 9.17) is 5.11 Å². The van der Waals surface area contributed by atoms with E-state index < -0.39 is 16.0 Å². The first-order chi connectivity index (χ1) is 9.90. The highest BCUT2D eigenvalue weighted by molar-refractivity contribution is 9.10. The third kappa shape index (κ3) is 3.87. The highest BCUT2D eigenvalue weighted by Gasteiger charge is 2.19. The molecule has 6 nitrogen and oxygen atoms in total. The summed E-state index contributed by atoms with van der Waals surface area (Å²) in [4.78, 5) is 14.8. The fourth-order valence-corrected chi connectivity index (χ4v) is 3.68. The molecule has 8 heteroatoms. The van der Waals surface area contributed by atoms with Crippen LogP contribution in [0.4, 0.5) is 0 Å². The molecular formula is C13H11BrN2O4S. The van der Waals surface area contributed by atoms with Crippen molar-refractivity contribution in [2.24, 2.45) is 0 Å². The van der Waals surface area contributed by atoms with Crippen LogP contribution in [0.3, 0.4) is 0 Å². The van der Waals surface area contributed by atoms with Crippen LogP contribution in [0.2, 0.25) is 0 Å². The standard InChI is InChI=1S/C13H11BrN2O4S/c14-11-7-9(13(17)18)4-5-12(11)21(19,20)16-8-10-3-1-2-6-15-10/h1-7,16H,8H2,(H,17,18). The lowest BCUT2D eigenvalue weighted by Crippen LogP contribution is -2.24. The predicted octanol–water partition coefficient (Wildman–Crippen LogP) is 2.02. The van der Waals surface area contributed by atoms with Gasteiger partial charge in [-0.15, -0.1) is 0 Å². The molecule has 0 bridgehead atoms. The van der Waals surface area contributed by atoms with Crippen molar-refractivity contribution < 1.29 is 18.3 Å². The number of aromatic nitrogens is 1. The second-order valence-corrected chi connectivity index (χ2v) is 6.69. The molecule has 0 aliphatic carbocycles. The van der Waals surface area contributed by atoms with E-state index in [1.165, 1.54) is 18.2 Å². The fourth-order valence-electron chi connectivity index (χ4n) is 1.60. The lowest BCUT2D eigenvalue weighted by Gasteiger charge is -2.08. The summed E-state index contributed by atoms with van der Waals surface area (Å²) in [5.74, 6) is -1.12. The first-order valence-electron chi connectivity index (χ1n) is 5.82. The Hall–Kier alpha value is -1.77. The van der Waals surface area contributed by atoms with Crippen molar-refractivity contribution in [1.82, 2.24) is 9.71 Å². The minimum absolute atomic E-state index is 0.00514. The van der Waals surface area contributed by atoms with Crippen LogP contribution in [0.25, 0.3) is 0 Å². The van der Waals surface area contributed by atoms with Gasteiger partial charge in [0, 0.05) is 10.7 Å². The van der Waals surface area contributed by atoms with Crippen molar-refractivity contribution in [3.63, 3.8) is 0 Å². The van der Waals surface area contributed by atoms with Gasteiger partial charge in [0.2, 0.25) is 10.0 Å². The van der Waals surface area contributed by atoms with Crippen molar-refractivity contribution in [3.8, 4) is 0 Å². The summed E-state index contributed by atoms with van der Waals surface area (Å²) in [5, 5.41) is 8.86. The number of halogens is 1. The van der Waals surface area contributed by atoms with E-state index in [2.05, 4.69) is 25.6 Å². The summed E-state index contributed by atoms with van der Waals surface area (Å²) in [6.45, 7) is 0.0519. The molecule has 0 amide bonds. The zero-order chi connectivity index (χ0) is 15.5. The van der Waals surface area contributed by atoms with E-state index in [1.54, 1.807) is 24.4 Å². The number of benzene rings is 1. The number of carboxylic acid groups (broad SMARTS) is 1. The number of hydrogen-bond donors (Lipinski definition) is 2. The summed E-state index contributed by atoms with van der Waals surface area (Å²) in [6.07, 6.45) is 1.57. The smallest absolute Gasteiger partial charge is 0.335 e. The molecule has 0 saturated heterocycles. The average molecular weight is 371 g/mol. The van der Waals surface area contributed by atoms with Gasteiger partial charge in [0.15, 0.2) is 0 Å². The fraction of sp³-hybridized carbons (Fsp3) is 0.0769. The number of pyridine rings is 1. The Morgan fingerprint density at radius 3 is 2.62 bits per heavy atom. The quantitative estimate of drug-likeness (QED) is 0.838. The van der Waals surface area contributed by atoms with E-state index in [-0.39, 0.29) is 21.5 Å². The molecule has 2 rings (SSSR count). The van der Waals surface area contributed by atoms with Gasteiger partial charge in [-0.1, -0.05) is 6.07 Å². The Bertz CT molecular complexity index is 763. The molecule has 0 fully saturated rings. The van der Waals surface area contributed by atoms with Crippen molar-refractivity contribution in [2.75, 3.05) is 0 Å². The number of rotatable bonds is 5. The third-order valence-electron chi connectivity index (χ3n) is 2.64. The van der Waals surface area contributed by atoms with Gasteiger partial charge in [0.1, 0.15) is 0 Å². The van der Waals surface area contributed by atoms with Crippen LogP contribution in [0.15, 0.2) is 52.0 Å². The van der Waals surface area contributed by atoms with Gasteiger partial charge in [-0.05, 0) is 46.3 Å². The highest BCUT2D eigenvalue weighted by Crippen LogP contribution is 2.23. The summed E-state index contributed by atoms with van der Waals surface area (Å²) in [5.41, 5.74) is 0.588. The van der Waals surface area contributed by atoms with Gasteiger partial charge < -0.3 is 5.11 Å². The molecule has 0 saturated carbocycles. The van der Waals surface area contributed by atoms with Crippen LogP contribution in [-0.4, -0.2) is 24.5 Å². The summed E-state index contributed by atoms with van der Waals surface area (Å²) in [7, 11) is -3.76. The maximum Gasteiger partial charge on any atom is 0.335 e.